The number of alkyl halides is 3. The lowest BCUT2D eigenvalue weighted by atomic mass is 9.99. The molecular weight excluding hydrogens is 357 g/mol. The SMILES string of the molecule is CCCC(NC(c1ccc(-c2ccc(C#N)cc2)cc1)C(F)(F)F)C(=O)O. The molecule has 2 rings (SSSR count). The third-order valence-corrected chi connectivity index (χ3v) is 4.16. The zero-order valence-electron chi connectivity index (χ0n) is 14.6. The lowest BCUT2D eigenvalue weighted by Crippen LogP contribution is -2.44. The molecule has 0 aliphatic carbocycles. The van der Waals surface area contributed by atoms with Crippen LogP contribution in [0.25, 0.3) is 11.1 Å². The predicted molar refractivity (Wildman–Crippen MR) is 94.9 cm³/mol. The van der Waals surface area contributed by atoms with Gasteiger partial charge < -0.3 is 5.11 Å². The first-order valence-electron chi connectivity index (χ1n) is 8.42. The van der Waals surface area contributed by atoms with Crippen LogP contribution in [0.1, 0.15) is 36.9 Å². The van der Waals surface area contributed by atoms with Gasteiger partial charge in [-0.1, -0.05) is 49.7 Å². The lowest BCUT2D eigenvalue weighted by Gasteiger charge is -2.26. The Balaban J connectivity index is 2.28. The summed E-state index contributed by atoms with van der Waals surface area (Å²) in [6.07, 6.45) is -4.07. The second-order valence-electron chi connectivity index (χ2n) is 6.13. The Morgan fingerprint density at radius 2 is 1.63 bits per heavy atom. The molecule has 0 saturated carbocycles. The van der Waals surface area contributed by atoms with E-state index in [1.54, 1.807) is 43.3 Å². The van der Waals surface area contributed by atoms with Crippen LogP contribution in [-0.2, 0) is 4.79 Å². The minimum atomic E-state index is -4.63. The maximum Gasteiger partial charge on any atom is 0.407 e. The van der Waals surface area contributed by atoms with Gasteiger partial charge in [0.1, 0.15) is 12.1 Å². The number of carboxylic acid groups (broad SMARTS) is 1. The second kappa shape index (κ2) is 8.69. The Bertz CT molecular complexity index is 809. The maximum absolute atomic E-state index is 13.5. The van der Waals surface area contributed by atoms with Gasteiger partial charge in [0.25, 0.3) is 0 Å². The number of halogens is 3. The van der Waals surface area contributed by atoms with E-state index in [4.69, 9.17) is 10.4 Å². The fourth-order valence-electron chi connectivity index (χ4n) is 2.75. The van der Waals surface area contributed by atoms with E-state index in [-0.39, 0.29) is 12.0 Å². The van der Waals surface area contributed by atoms with Crippen LogP contribution in [0, 0.1) is 11.3 Å². The van der Waals surface area contributed by atoms with Crippen molar-refractivity contribution in [2.45, 2.75) is 38.0 Å². The predicted octanol–water partition coefficient (Wildman–Crippen LogP) is 4.67. The van der Waals surface area contributed by atoms with Crippen LogP contribution in [0.3, 0.4) is 0 Å². The van der Waals surface area contributed by atoms with Gasteiger partial charge in [0.15, 0.2) is 0 Å². The summed E-state index contributed by atoms with van der Waals surface area (Å²) in [5.41, 5.74) is 1.91. The number of aliphatic carboxylic acids is 1. The van der Waals surface area contributed by atoms with E-state index in [1.165, 1.54) is 12.1 Å². The quantitative estimate of drug-likeness (QED) is 0.736. The molecule has 2 N–H and O–H groups in total. The summed E-state index contributed by atoms with van der Waals surface area (Å²) < 4.78 is 40.5. The van der Waals surface area contributed by atoms with E-state index in [2.05, 4.69) is 5.32 Å². The Hall–Kier alpha value is -2.85. The molecule has 0 radical (unpaired) electrons. The normalized spacial score (nSPS) is 13.6. The van der Waals surface area contributed by atoms with Gasteiger partial charge >= 0.3 is 12.1 Å². The van der Waals surface area contributed by atoms with E-state index in [9.17, 15) is 18.0 Å². The van der Waals surface area contributed by atoms with Gasteiger partial charge in [0, 0.05) is 0 Å². The molecule has 0 aliphatic rings. The van der Waals surface area contributed by atoms with Crippen molar-refractivity contribution in [3.8, 4) is 17.2 Å². The molecule has 0 fully saturated rings. The van der Waals surface area contributed by atoms with Crippen molar-refractivity contribution >= 4 is 5.97 Å². The highest BCUT2D eigenvalue weighted by Crippen LogP contribution is 2.34. The molecule has 7 heteroatoms. The number of nitriles is 1. The molecule has 0 spiro atoms. The maximum atomic E-state index is 13.5. The summed E-state index contributed by atoms with van der Waals surface area (Å²) in [5, 5.41) is 20.2. The first kappa shape index (κ1) is 20.5. The number of carbonyl (C=O) groups is 1. The molecule has 2 aromatic rings. The van der Waals surface area contributed by atoms with Crippen molar-refractivity contribution in [2.75, 3.05) is 0 Å². The summed E-state index contributed by atoms with van der Waals surface area (Å²) in [6.45, 7) is 1.71. The summed E-state index contributed by atoms with van der Waals surface area (Å²) in [5.74, 6) is -1.31. The van der Waals surface area contributed by atoms with Gasteiger partial charge in [0.2, 0.25) is 0 Å². The number of nitrogens with zero attached hydrogens (tertiary/aromatic N) is 1. The van der Waals surface area contributed by atoms with Crippen LogP contribution in [0.2, 0.25) is 0 Å². The number of hydrogen-bond donors (Lipinski definition) is 2. The van der Waals surface area contributed by atoms with E-state index in [0.717, 1.165) is 5.56 Å². The van der Waals surface area contributed by atoms with Crippen LogP contribution < -0.4 is 5.32 Å². The first-order valence-corrected chi connectivity index (χ1v) is 8.42. The summed E-state index contributed by atoms with van der Waals surface area (Å²) in [4.78, 5) is 11.2. The van der Waals surface area contributed by atoms with Crippen LogP contribution in [0.15, 0.2) is 48.5 Å². The van der Waals surface area contributed by atoms with Gasteiger partial charge in [0.05, 0.1) is 11.6 Å². The molecule has 2 atom stereocenters. The molecule has 2 aromatic carbocycles. The highest BCUT2D eigenvalue weighted by atomic mass is 19.4. The Morgan fingerprint density at radius 1 is 1.11 bits per heavy atom. The van der Waals surface area contributed by atoms with Crippen molar-refractivity contribution in [2.24, 2.45) is 0 Å². The average Bonchev–Trinajstić information content (AvgIpc) is 2.64. The average molecular weight is 376 g/mol. The van der Waals surface area contributed by atoms with Crippen molar-refractivity contribution in [3.63, 3.8) is 0 Å². The Labute approximate surface area is 155 Å². The number of rotatable bonds is 7. The summed E-state index contributed by atoms with van der Waals surface area (Å²) in [6, 6.07) is 11.1. The number of hydrogen-bond acceptors (Lipinski definition) is 3. The molecule has 0 amide bonds. The van der Waals surface area contributed by atoms with Gasteiger partial charge in [-0.2, -0.15) is 18.4 Å². The number of benzene rings is 2. The zero-order chi connectivity index (χ0) is 20.0. The molecule has 2 unspecified atom stereocenters. The zero-order valence-corrected chi connectivity index (χ0v) is 14.6. The first-order chi connectivity index (χ1) is 12.8. The van der Waals surface area contributed by atoms with E-state index in [0.29, 0.717) is 17.5 Å². The molecule has 0 aliphatic heterocycles. The largest absolute Gasteiger partial charge is 0.480 e. The molecular formula is C20H19F3N2O2. The topological polar surface area (TPSA) is 73.1 Å². The van der Waals surface area contributed by atoms with Crippen LogP contribution in [-0.4, -0.2) is 23.3 Å². The molecule has 0 heterocycles. The fourth-order valence-corrected chi connectivity index (χ4v) is 2.75. The van der Waals surface area contributed by atoms with Crippen molar-refractivity contribution < 1.29 is 23.1 Å². The second-order valence-corrected chi connectivity index (χ2v) is 6.13. The monoisotopic (exact) mass is 376 g/mol. The summed E-state index contributed by atoms with van der Waals surface area (Å²) in [7, 11) is 0. The molecule has 27 heavy (non-hydrogen) atoms. The lowest BCUT2D eigenvalue weighted by molar-refractivity contribution is -0.163. The fraction of sp³-hybridized carbons (Fsp3) is 0.300. The molecule has 0 saturated heterocycles. The van der Waals surface area contributed by atoms with Gasteiger partial charge in [-0.3, -0.25) is 10.1 Å². The molecule has 142 valence electrons. The van der Waals surface area contributed by atoms with Gasteiger partial charge in [-0.05, 0) is 35.2 Å². The smallest absolute Gasteiger partial charge is 0.407 e. The van der Waals surface area contributed by atoms with E-state index in [1.807, 2.05) is 6.07 Å². The highest BCUT2D eigenvalue weighted by molar-refractivity contribution is 5.73. The third-order valence-electron chi connectivity index (χ3n) is 4.16. The van der Waals surface area contributed by atoms with Crippen molar-refractivity contribution in [1.82, 2.24) is 5.32 Å². The van der Waals surface area contributed by atoms with Gasteiger partial charge in [-0.25, -0.2) is 0 Å². The summed E-state index contributed by atoms with van der Waals surface area (Å²) >= 11 is 0. The van der Waals surface area contributed by atoms with Crippen LogP contribution in [0.5, 0.6) is 0 Å². The highest BCUT2D eigenvalue weighted by Gasteiger charge is 2.42. The minimum Gasteiger partial charge on any atom is -0.480 e. The Kier molecular flexibility index (Phi) is 6.59. The Morgan fingerprint density at radius 3 is 2.04 bits per heavy atom. The molecule has 0 aromatic heterocycles. The van der Waals surface area contributed by atoms with Crippen molar-refractivity contribution in [1.29, 1.82) is 5.26 Å². The standard InChI is InChI=1S/C20H19F3N2O2/c1-2-3-17(19(26)27)25-18(20(21,22)23)16-10-8-15(9-11-16)14-6-4-13(12-24)5-7-14/h4-11,17-18,25H,2-3H2,1H3,(H,26,27). The van der Waals surface area contributed by atoms with Crippen LogP contribution >= 0.6 is 0 Å². The van der Waals surface area contributed by atoms with Crippen molar-refractivity contribution in [3.05, 3.63) is 59.7 Å². The van der Waals surface area contributed by atoms with E-state index >= 15 is 0 Å². The van der Waals surface area contributed by atoms with Gasteiger partial charge in [-0.15, -0.1) is 0 Å². The third kappa shape index (κ3) is 5.31. The number of carboxylic acids is 1. The minimum absolute atomic E-state index is 0.0535. The number of nitrogens with one attached hydrogen (secondary N) is 1. The van der Waals surface area contributed by atoms with E-state index < -0.39 is 24.2 Å². The van der Waals surface area contributed by atoms with Crippen LogP contribution in [0.4, 0.5) is 13.2 Å². The molecule has 4 nitrogen and oxygen atoms in total. The molecule has 0 bridgehead atoms.